The van der Waals surface area contributed by atoms with Crippen LogP contribution in [0.3, 0.4) is 0 Å². The van der Waals surface area contributed by atoms with Crippen LogP contribution in [0.4, 0.5) is 0 Å². The summed E-state index contributed by atoms with van der Waals surface area (Å²) in [7, 11) is 0. The summed E-state index contributed by atoms with van der Waals surface area (Å²) < 4.78 is 7.05. The molecule has 3 aromatic rings. The maximum absolute atomic E-state index is 13.2. The van der Waals surface area contributed by atoms with Crippen molar-refractivity contribution in [2.75, 3.05) is 6.61 Å². The van der Waals surface area contributed by atoms with Gasteiger partial charge in [-0.2, -0.15) is 0 Å². The monoisotopic (exact) mass is 426 g/mol. The Morgan fingerprint density at radius 1 is 1.13 bits per heavy atom. The van der Waals surface area contributed by atoms with E-state index < -0.39 is 11.2 Å². The van der Waals surface area contributed by atoms with Gasteiger partial charge in [0.1, 0.15) is 5.82 Å². The van der Waals surface area contributed by atoms with Crippen molar-refractivity contribution >= 4 is 23.5 Å². The minimum absolute atomic E-state index is 0.104. The average Bonchev–Trinajstić information content (AvgIpc) is 3.21. The molecule has 30 heavy (non-hydrogen) atoms. The van der Waals surface area contributed by atoms with Crippen molar-refractivity contribution in [3.8, 4) is 5.69 Å². The summed E-state index contributed by atoms with van der Waals surface area (Å²) in [5.41, 5.74) is 4.20. The summed E-state index contributed by atoms with van der Waals surface area (Å²) in [6.45, 7) is 11.3. The lowest BCUT2D eigenvalue weighted by Crippen LogP contribution is -2.16. The highest BCUT2D eigenvalue weighted by atomic mass is 32.2. The van der Waals surface area contributed by atoms with Crippen molar-refractivity contribution in [2.45, 2.75) is 51.9 Å². The second-order valence-electron chi connectivity index (χ2n) is 7.17. The Morgan fingerprint density at radius 2 is 1.80 bits per heavy atom. The molecule has 2 aromatic heterocycles. The minimum Gasteiger partial charge on any atom is -0.462 e. The number of Topliss-reactive ketones (excluding diaryl/α,β-unsaturated/α-hetero) is 1. The first kappa shape index (κ1) is 21.8. The number of esters is 1. The van der Waals surface area contributed by atoms with Crippen molar-refractivity contribution < 1.29 is 14.3 Å². The molecule has 158 valence electrons. The second-order valence-corrected chi connectivity index (χ2v) is 8.48. The Morgan fingerprint density at radius 3 is 2.43 bits per heavy atom. The number of nitrogens with zero attached hydrogens (tertiary/aromatic N) is 3. The quantitative estimate of drug-likeness (QED) is 0.343. The number of carbonyl (C=O) groups excluding carboxylic acids is 2. The fourth-order valence-electron chi connectivity index (χ4n) is 3.33. The lowest BCUT2D eigenvalue weighted by Gasteiger charge is -2.12. The summed E-state index contributed by atoms with van der Waals surface area (Å²) in [5.74, 6) is 0.225. The lowest BCUT2D eigenvalue weighted by molar-refractivity contribution is 0.0525. The number of hydrogen-bond donors (Lipinski definition) is 1. The molecule has 0 saturated heterocycles. The van der Waals surface area contributed by atoms with Crippen LogP contribution in [-0.2, 0) is 4.74 Å². The second kappa shape index (κ2) is 8.87. The summed E-state index contributed by atoms with van der Waals surface area (Å²) >= 11 is 1.34. The largest absolute Gasteiger partial charge is 0.462 e. The van der Waals surface area contributed by atoms with E-state index >= 15 is 0 Å². The number of aromatic amines is 1. The normalized spacial score (nSPS) is 12.1. The molecule has 0 aliphatic carbocycles. The van der Waals surface area contributed by atoms with E-state index in [1.54, 1.807) is 20.8 Å². The Bertz CT molecular complexity index is 1080. The zero-order valence-electron chi connectivity index (χ0n) is 18.1. The van der Waals surface area contributed by atoms with Crippen molar-refractivity contribution in [3.05, 3.63) is 58.2 Å². The minimum atomic E-state index is -0.426. The number of rotatable bonds is 7. The molecule has 0 bridgehead atoms. The van der Waals surface area contributed by atoms with Crippen LogP contribution in [-0.4, -0.2) is 43.4 Å². The molecule has 0 aliphatic heterocycles. The van der Waals surface area contributed by atoms with Gasteiger partial charge in [-0.25, -0.2) is 4.79 Å². The van der Waals surface area contributed by atoms with Gasteiger partial charge < -0.3 is 9.72 Å². The predicted octanol–water partition coefficient (Wildman–Crippen LogP) is 4.37. The summed E-state index contributed by atoms with van der Waals surface area (Å²) in [4.78, 5) is 28.5. The van der Waals surface area contributed by atoms with Gasteiger partial charge >= 0.3 is 5.97 Å². The maximum atomic E-state index is 13.2. The first-order valence-corrected chi connectivity index (χ1v) is 10.7. The van der Waals surface area contributed by atoms with Crippen LogP contribution in [0.5, 0.6) is 0 Å². The zero-order valence-corrected chi connectivity index (χ0v) is 18.9. The Hall–Kier alpha value is -2.87. The Kier molecular flexibility index (Phi) is 6.45. The van der Waals surface area contributed by atoms with Crippen LogP contribution in [0.25, 0.3) is 5.69 Å². The van der Waals surface area contributed by atoms with Gasteiger partial charge in [0.2, 0.25) is 0 Å². The lowest BCUT2D eigenvalue weighted by atomic mass is 10.1. The number of carbonyl (C=O) groups is 2. The number of aromatic nitrogens is 4. The number of hydrogen-bond acceptors (Lipinski definition) is 6. The van der Waals surface area contributed by atoms with E-state index in [4.69, 9.17) is 4.74 Å². The zero-order chi connectivity index (χ0) is 22.0. The standard InChI is InChI=1S/C22H26N4O3S/c1-7-29-21(28)18-13(3)19(23-14(18)4)20(27)15(5)30-22-25-24-16(6)26(22)17-10-8-12(2)9-11-17/h8-11,15,23H,7H2,1-6H3. The molecule has 0 aliphatic rings. The molecule has 3 rings (SSSR count). The van der Waals surface area contributed by atoms with Crippen LogP contribution in [0.15, 0.2) is 29.4 Å². The molecule has 0 fully saturated rings. The number of thioether (sulfide) groups is 1. The third-order valence-electron chi connectivity index (χ3n) is 4.90. The SMILES string of the molecule is CCOC(=O)c1c(C)[nH]c(C(=O)C(C)Sc2nnc(C)n2-c2ccc(C)cc2)c1C. The van der Waals surface area contributed by atoms with E-state index in [0.717, 1.165) is 17.1 Å². The molecule has 1 atom stereocenters. The molecule has 1 N–H and O–H groups in total. The maximum Gasteiger partial charge on any atom is 0.340 e. The van der Waals surface area contributed by atoms with E-state index in [9.17, 15) is 9.59 Å². The molecule has 0 amide bonds. The van der Waals surface area contributed by atoms with Gasteiger partial charge in [-0.3, -0.25) is 9.36 Å². The van der Waals surface area contributed by atoms with Crippen LogP contribution in [0, 0.1) is 27.7 Å². The summed E-state index contributed by atoms with van der Waals surface area (Å²) in [6, 6.07) is 8.07. The fourth-order valence-corrected chi connectivity index (χ4v) is 4.30. The van der Waals surface area contributed by atoms with Gasteiger partial charge in [0.25, 0.3) is 0 Å². The van der Waals surface area contributed by atoms with Crippen molar-refractivity contribution in [2.24, 2.45) is 0 Å². The van der Waals surface area contributed by atoms with E-state index in [1.165, 1.54) is 11.8 Å². The Balaban J connectivity index is 1.87. The number of benzene rings is 1. The van der Waals surface area contributed by atoms with Crippen LogP contribution < -0.4 is 0 Å². The summed E-state index contributed by atoms with van der Waals surface area (Å²) in [6.07, 6.45) is 0. The topological polar surface area (TPSA) is 89.9 Å². The fraction of sp³-hybridized carbons (Fsp3) is 0.364. The van der Waals surface area contributed by atoms with E-state index in [1.807, 2.05) is 49.6 Å². The van der Waals surface area contributed by atoms with Crippen LogP contribution >= 0.6 is 11.8 Å². The molecule has 0 radical (unpaired) electrons. The van der Waals surface area contributed by atoms with Gasteiger partial charge in [0.15, 0.2) is 10.9 Å². The molecular weight excluding hydrogens is 400 g/mol. The van der Waals surface area contributed by atoms with Crippen molar-refractivity contribution in [1.82, 2.24) is 19.7 Å². The average molecular weight is 427 g/mol. The molecule has 0 saturated carbocycles. The molecule has 8 heteroatoms. The first-order chi connectivity index (χ1) is 14.2. The van der Waals surface area contributed by atoms with Gasteiger partial charge in [-0.05, 0) is 59.2 Å². The van der Waals surface area contributed by atoms with E-state index in [-0.39, 0.29) is 12.4 Å². The highest BCUT2D eigenvalue weighted by Gasteiger charge is 2.27. The third-order valence-corrected chi connectivity index (χ3v) is 5.94. The van der Waals surface area contributed by atoms with Crippen LogP contribution in [0.2, 0.25) is 0 Å². The molecule has 7 nitrogen and oxygen atoms in total. The van der Waals surface area contributed by atoms with Gasteiger partial charge in [-0.1, -0.05) is 29.5 Å². The predicted molar refractivity (Wildman–Crippen MR) is 117 cm³/mol. The highest BCUT2D eigenvalue weighted by molar-refractivity contribution is 8.00. The van der Waals surface area contributed by atoms with Gasteiger partial charge in [0, 0.05) is 11.4 Å². The molecule has 0 spiro atoms. The smallest absolute Gasteiger partial charge is 0.340 e. The molecule has 2 heterocycles. The number of ether oxygens (including phenoxy) is 1. The molecular formula is C22H26N4O3S. The van der Waals surface area contributed by atoms with Crippen LogP contribution in [0.1, 0.15) is 57.3 Å². The molecule has 1 aromatic carbocycles. The Labute approximate surface area is 180 Å². The van der Waals surface area contributed by atoms with E-state index in [2.05, 4.69) is 15.2 Å². The number of ketones is 1. The molecule has 1 unspecified atom stereocenters. The third kappa shape index (κ3) is 4.18. The first-order valence-electron chi connectivity index (χ1n) is 9.80. The number of nitrogens with one attached hydrogen (secondary N) is 1. The van der Waals surface area contributed by atoms with E-state index in [0.29, 0.717) is 27.7 Å². The van der Waals surface area contributed by atoms with Crippen molar-refractivity contribution in [1.29, 1.82) is 0 Å². The number of H-pyrrole nitrogens is 1. The van der Waals surface area contributed by atoms with Crippen molar-refractivity contribution in [3.63, 3.8) is 0 Å². The highest BCUT2D eigenvalue weighted by Crippen LogP contribution is 2.29. The number of aryl methyl sites for hydroxylation is 3. The van der Waals surface area contributed by atoms with Gasteiger partial charge in [-0.15, -0.1) is 10.2 Å². The summed E-state index contributed by atoms with van der Waals surface area (Å²) in [5, 5.41) is 8.68. The van der Waals surface area contributed by atoms with Gasteiger partial charge in [0.05, 0.1) is 23.1 Å².